The molecule has 2 N–H and O–H groups in total. The zero-order valence-electron chi connectivity index (χ0n) is 12.8. The van der Waals surface area contributed by atoms with Gasteiger partial charge in [0.1, 0.15) is 5.75 Å². The second-order valence-corrected chi connectivity index (χ2v) is 5.70. The highest BCUT2D eigenvalue weighted by Gasteiger charge is 2.35. The number of aryl methyl sites for hydroxylation is 1. The average Bonchev–Trinajstić information content (AvgIpc) is 2.47. The first kappa shape index (κ1) is 15.3. The molecule has 0 saturated heterocycles. The first-order chi connectivity index (χ1) is 9.87. The number of aromatic hydroxyl groups is 1. The Labute approximate surface area is 125 Å². The van der Waals surface area contributed by atoms with Gasteiger partial charge in [-0.1, -0.05) is 38.1 Å². The lowest BCUT2D eigenvalue weighted by Crippen LogP contribution is -2.29. The van der Waals surface area contributed by atoms with Crippen molar-refractivity contribution in [3.8, 4) is 11.6 Å². The van der Waals surface area contributed by atoms with E-state index in [1.165, 1.54) is 0 Å². The number of aliphatic hydroxyl groups excluding tert-OH is 1. The molecule has 2 rings (SSSR count). The van der Waals surface area contributed by atoms with Crippen molar-refractivity contribution in [2.75, 3.05) is 7.11 Å². The van der Waals surface area contributed by atoms with Gasteiger partial charge in [-0.25, -0.2) is 4.98 Å². The van der Waals surface area contributed by atoms with Gasteiger partial charge in [-0.2, -0.15) is 0 Å². The third kappa shape index (κ3) is 2.85. The molecule has 1 atom stereocenters. The molecule has 0 radical (unpaired) electrons. The first-order valence-corrected chi connectivity index (χ1v) is 6.86. The number of hydrogen-bond donors (Lipinski definition) is 2. The SMILES string of the molecule is COc1ccc(C)c(C(C)(C)C(O)c2ccccc2O)n1. The minimum absolute atomic E-state index is 0.0821. The fourth-order valence-electron chi connectivity index (χ4n) is 2.51. The molecular weight excluding hydrogens is 266 g/mol. The van der Waals surface area contributed by atoms with E-state index in [2.05, 4.69) is 4.98 Å². The predicted molar refractivity (Wildman–Crippen MR) is 81.6 cm³/mol. The molecular formula is C17H21NO3. The zero-order valence-corrected chi connectivity index (χ0v) is 12.8. The molecule has 0 aliphatic carbocycles. The second kappa shape index (κ2) is 5.74. The number of phenols is 1. The van der Waals surface area contributed by atoms with E-state index in [0.29, 0.717) is 11.4 Å². The number of para-hydroxylation sites is 1. The molecule has 0 spiro atoms. The summed E-state index contributed by atoms with van der Waals surface area (Å²) in [5, 5.41) is 20.7. The predicted octanol–water partition coefficient (Wildman–Crippen LogP) is 3.12. The van der Waals surface area contributed by atoms with Gasteiger partial charge in [0.25, 0.3) is 0 Å². The van der Waals surface area contributed by atoms with E-state index >= 15 is 0 Å². The third-order valence-corrected chi connectivity index (χ3v) is 3.81. The molecule has 2 aromatic rings. The molecule has 0 aliphatic rings. The van der Waals surface area contributed by atoms with Crippen molar-refractivity contribution >= 4 is 0 Å². The van der Waals surface area contributed by atoms with Gasteiger partial charge in [-0.05, 0) is 18.6 Å². The molecule has 0 fully saturated rings. The molecule has 4 heteroatoms. The van der Waals surface area contributed by atoms with E-state index in [0.717, 1.165) is 11.3 Å². The van der Waals surface area contributed by atoms with E-state index in [9.17, 15) is 10.2 Å². The highest BCUT2D eigenvalue weighted by Crippen LogP contribution is 2.40. The summed E-state index contributed by atoms with van der Waals surface area (Å²) in [4.78, 5) is 4.47. The van der Waals surface area contributed by atoms with Gasteiger partial charge < -0.3 is 14.9 Å². The van der Waals surface area contributed by atoms with Crippen LogP contribution in [0.4, 0.5) is 0 Å². The molecule has 1 unspecified atom stereocenters. The van der Waals surface area contributed by atoms with Crippen molar-refractivity contribution in [1.29, 1.82) is 0 Å². The van der Waals surface area contributed by atoms with E-state index in [4.69, 9.17) is 4.74 Å². The summed E-state index contributed by atoms with van der Waals surface area (Å²) in [5.41, 5.74) is 1.54. The second-order valence-electron chi connectivity index (χ2n) is 5.70. The van der Waals surface area contributed by atoms with Gasteiger partial charge in [-0.3, -0.25) is 0 Å². The number of benzene rings is 1. The highest BCUT2D eigenvalue weighted by atomic mass is 16.5. The van der Waals surface area contributed by atoms with Crippen molar-refractivity contribution in [3.63, 3.8) is 0 Å². The van der Waals surface area contributed by atoms with Crippen LogP contribution in [0.25, 0.3) is 0 Å². The Kier molecular flexibility index (Phi) is 4.19. The van der Waals surface area contributed by atoms with Crippen molar-refractivity contribution < 1.29 is 14.9 Å². The Balaban J connectivity index is 2.48. The minimum Gasteiger partial charge on any atom is -0.508 e. The smallest absolute Gasteiger partial charge is 0.213 e. The number of phenolic OH excluding ortho intramolecular Hbond substituents is 1. The van der Waals surface area contributed by atoms with Crippen LogP contribution in [0.15, 0.2) is 36.4 Å². The van der Waals surface area contributed by atoms with Crippen LogP contribution in [-0.4, -0.2) is 22.3 Å². The van der Waals surface area contributed by atoms with Gasteiger partial charge >= 0.3 is 0 Å². The van der Waals surface area contributed by atoms with Gasteiger partial charge in [-0.15, -0.1) is 0 Å². The van der Waals surface area contributed by atoms with Gasteiger partial charge in [0.2, 0.25) is 5.88 Å². The monoisotopic (exact) mass is 287 g/mol. The lowest BCUT2D eigenvalue weighted by molar-refractivity contribution is 0.0945. The number of pyridine rings is 1. The van der Waals surface area contributed by atoms with Gasteiger partial charge in [0.05, 0.1) is 18.9 Å². The summed E-state index contributed by atoms with van der Waals surface area (Å²) in [6.45, 7) is 5.75. The topological polar surface area (TPSA) is 62.6 Å². The lowest BCUT2D eigenvalue weighted by Gasteiger charge is -2.32. The van der Waals surface area contributed by atoms with Crippen molar-refractivity contribution in [1.82, 2.24) is 4.98 Å². The summed E-state index contributed by atoms with van der Waals surface area (Å²) in [6.07, 6.45) is -0.878. The minimum atomic E-state index is -0.878. The Morgan fingerprint density at radius 3 is 2.43 bits per heavy atom. The van der Waals surface area contributed by atoms with E-state index in [1.807, 2.05) is 26.8 Å². The Bertz CT molecular complexity index is 638. The number of aromatic nitrogens is 1. The summed E-state index contributed by atoms with van der Waals surface area (Å²) < 4.78 is 5.17. The maximum Gasteiger partial charge on any atom is 0.213 e. The van der Waals surface area contributed by atoms with Crippen LogP contribution in [0.3, 0.4) is 0 Å². The van der Waals surface area contributed by atoms with Crippen LogP contribution in [0.2, 0.25) is 0 Å². The van der Waals surface area contributed by atoms with Crippen LogP contribution in [0.1, 0.15) is 36.8 Å². The average molecular weight is 287 g/mol. The Morgan fingerprint density at radius 2 is 1.81 bits per heavy atom. The van der Waals surface area contributed by atoms with Crippen molar-refractivity contribution in [2.45, 2.75) is 32.3 Å². The number of methoxy groups -OCH3 is 1. The van der Waals surface area contributed by atoms with E-state index in [1.54, 1.807) is 37.4 Å². The molecule has 0 saturated carbocycles. The van der Waals surface area contributed by atoms with Gasteiger partial charge in [0, 0.05) is 17.0 Å². The molecule has 1 heterocycles. The molecule has 1 aromatic heterocycles. The molecule has 21 heavy (non-hydrogen) atoms. The van der Waals surface area contributed by atoms with Crippen molar-refractivity contribution in [2.24, 2.45) is 0 Å². The van der Waals surface area contributed by atoms with Crippen LogP contribution < -0.4 is 4.74 Å². The molecule has 0 amide bonds. The number of ether oxygens (including phenoxy) is 1. The maximum atomic E-state index is 10.7. The zero-order chi connectivity index (χ0) is 15.6. The van der Waals surface area contributed by atoms with Crippen molar-refractivity contribution in [3.05, 3.63) is 53.2 Å². The normalized spacial score (nSPS) is 13.0. The number of rotatable bonds is 4. The number of nitrogens with zero attached hydrogens (tertiary/aromatic N) is 1. The number of hydrogen-bond acceptors (Lipinski definition) is 4. The first-order valence-electron chi connectivity index (χ1n) is 6.86. The van der Waals surface area contributed by atoms with Gasteiger partial charge in [0.15, 0.2) is 0 Å². The molecule has 1 aromatic carbocycles. The fourth-order valence-corrected chi connectivity index (χ4v) is 2.51. The van der Waals surface area contributed by atoms with Crippen LogP contribution >= 0.6 is 0 Å². The summed E-state index contributed by atoms with van der Waals surface area (Å²) in [5.74, 6) is 0.590. The summed E-state index contributed by atoms with van der Waals surface area (Å²) in [7, 11) is 1.56. The van der Waals surface area contributed by atoms with Crippen LogP contribution in [-0.2, 0) is 5.41 Å². The quantitative estimate of drug-likeness (QED) is 0.907. The fraction of sp³-hybridized carbons (Fsp3) is 0.353. The largest absolute Gasteiger partial charge is 0.508 e. The van der Waals surface area contributed by atoms with E-state index in [-0.39, 0.29) is 5.75 Å². The highest BCUT2D eigenvalue weighted by molar-refractivity contribution is 5.39. The molecule has 112 valence electrons. The van der Waals surface area contributed by atoms with Crippen LogP contribution in [0, 0.1) is 6.92 Å². The summed E-state index contributed by atoms with van der Waals surface area (Å²) >= 11 is 0. The molecule has 0 aliphatic heterocycles. The molecule has 4 nitrogen and oxygen atoms in total. The standard InChI is InChI=1S/C17H21NO3/c1-11-9-10-14(21-4)18-15(11)17(2,3)16(20)12-7-5-6-8-13(12)19/h5-10,16,19-20H,1-4H3. The van der Waals surface area contributed by atoms with E-state index < -0.39 is 11.5 Å². The summed E-state index contributed by atoms with van der Waals surface area (Å²) in [6, 6.07) is 10.5. The maximum absolute atomic E-state index is 10.7. The number of aliphatic hydroxyl groups is 1. The Hall–Kier alpha value is -2.07. The van der Waals surface area contributed by atoms with Crippen LogP contribution in [0.5, 0.6) is 11.6 Å². The third-order valence-electron chi connectivity index (χ3n) is 3.81. The Morgan fingerprint density at radius 1 is 1.14 bits per heavy atom. The lowest BCUT2D eigenvalue weighted by atomic mass is 9.77. The molecule has 0 bridgehead atoms.